The molecule has 0 atom stereocenters. The summed E-state index contributed by atoms with van der Waals surface area (Å²) >= 11 is 0. The fraction of sp³-hybridized carbons (Fsp3) is 0.261. The molecule has 30 heavy (non-hydrogen) atoms. The molecular formula is C23H27N2O5+. The lowest BCUT2D eigenvalue weighted by Gasteiger charge is -2.11. The van der Waals surface area contributed by atoms with E-state index in [2.05, 4.69) is 0 Å². The Morgan fingerprint density at radius 2 is 1.60 bits per heavy atom. The highest BCUT2D eigenvalue weighted by Gasteiger charge is 2.26. The van der Waals surface area contributed by atoms with Gasteiger partial charge in [-0.25, -0.2) is 9.59 Å². The molecule has 2 rings (SSSR count). The molecular weight excluding hydrogens is 384 g/mol. The largest absolute Gasteiger partial charge is 0.502 e. The molecule has 0 bridgehead atoms. The van der Waals surface area contributed by atoms with Crippen molar-refractivity contribution < 1.29 is 28.7 Å². The average molecular weight is 411 g/mol. The molecule has 7 nitrogen and oxygen atoms in total. The van der Waals surface area contributed by atoms with Gasteiger partial charge in [-0.1, -0.05) is 30.3 Å². The Hall–Kier alpha value is -3.61. The number of rotatable bonds is 8. The van der Waals surface area contributed by atoms with Gasteiger partial charge in [-0.05, 0) is 19.9 Å². The first kappa shape index (κ1) is 22.7. The van der Waals surface area contributed by atoms with Gasteiger partial charge in [-0.15, -0.1) is 0 Å². The first-order chi connectivity index (χ1) is 14.4. The number of ether oxygens (including phenoxy) is 2. The standard InChI is InChI=1S/C23H26N2O5/c1-5-29-22(27)19(23(28)30-6-2)15-20(21(26)17-11-8-7-9-12-17)25-14-10-13-18(16-25)24(3)4/h7-16H,5-6H2,1-4H3/p+1. The second-order valence-corrected chi connectivity index (χ2v) is 6.46. The lowest BCUT2D eigenvalue weighted by molar-refractivity contribution is -0.577. The van der Waals surface area contributed by atoms with Crippen LogP contribution in [-0.2, 0) is 19.1 Å². The Bertz CT molecular complexity index is 929. The lowest BCUT2D eigenvalue weighted by Crippen LogP contribution is -2.34. The number of carbonyl (C=O) groups excluding carboxylic acids is 2. The lowest BCUT2D eigenvalue weighted by atomic mass is 10.1. The number of aromatic nitrogens is 1. The molecule has 0 amide bonds. The van der Waals surface area contributed by atoms with Gasteiger partial charge in [0.05, 0.1) is 13.2 Å². The van der Waals surface area contributed by atoms with Gasteiger partial charge in [-0.2, -0.15) is 4.57 Å². The molecule has 0 fully saturated rings. The fourth-order valence-corrected chi connectivity index (χ4v) is 2.64. The van der Waals surface area contributed by atoms with Crippen molar-refractivity contribution in [3.8, 4) is 0 Å². The molecule has 7 heteroatoms. The van der Waals surface area contributed by atoms with Crippen LogP contribution in [0.25, 0.3) is 11.5 Å². The highest BCUT2D eigenvalue weighted by molar-refractivity contribution is 6.15. The van der Waals surface area contributed by atoms with Crippen LogP contribution in [0.4, 0.5) is 5.69 Å². The monoisotopic (exact) mass is 411 g/mol. The molecule has 1 aromatic heterocycles. The number of esters is 2. The van der Waals surface area contributed by atoms with Crippen LogP contribution in [0.1, 0.15) is 19.4 Å². The van der Waals surface area contributed by atoms with Crippen LogP contribution in [-0.4, -0.2) is 44.4 Å². The van der Waals surface area contributed by atoms with Gasteiger partial charge in [0.15, 0.2) is 23.7 Å². The molecule has 0 saturated carbocycles. The molecule has 0 saturated heterocycles. The summed E-state index contributed by atoms with van der Waals surface area (Å²) < 4.78 is 11.7. The van der Waals surface area contributed by atoms with Crippen molar-refractivity contribution in [3.63, 3.8) is 0 Å². The summed E-state index contributed by atoms with van der Waals surface area (Å²) in [5.41, 5.74) is 1.30. The molecule has 1 N–H and O–H groups in total. The van der Waals surface area contributed by atoms with E-state index in [1.807, 2.05) is 31.1 Å². The number of aliphatic hydroxyl groups excluding tert-OH is 1. The number of anilines is 1. The van der Waals surface area contributed by atoms with Crippen molar-refractivity contribution in [1.82, 2.24) is 0 Å². The van der Waals surface area contributed by atoms with Gasteiger partial charge < -0.3 is 19.5 Å². The Kier molecular flexibility index (Phi) is 8.17. The van der Waals surface area contributed by atoms with E-state index in [-0.39, 0.29) is 30.2 Å². The minimum atomic E-state index is -0.821. The molecule has 0 aliphatic rings. The third kappa shape index (κ3) is 5.70. The molecule has 158 valence electrons. The molecule has 0 radical (unpaired) electrons. The van der Waals surface area contributed by atoms with Crippen LogP contribution < -0.4 is 9.47 Å². The van der Waals surface area contributed by atoms with Crippen molar-refractivity contribution in [2.75, 3.05) is 32.2 Å². The van der Waals surface area contributed by atoms with Crippen molar-refractivity contribution >= 4 is 29.1 Å². The zero-order valence-electron chi connectivity index (χ0n) is 17.7. The number of hydrogen-bond donors (Lipinski definition) is 1. The number of allylic oxidation sites excluding steroid dienone is 2. The number of carbonyl (C=O) groups is 2. The second-order valence-electron chi connectivity index (χ2n) is 6.46. The minimum Gasteiger partial charge on any atom is -0.502 e. The number of hydrogen-bond acceptors (Lipinski definition) is 6. The fourth-order valence-electron chi connectivity index (χ4n) is 2.64. The third-order valence-corrected chi connectivity index (χ3v) is 4.14. The maximum Gasteiger partial charge on any atom is 0.345 e. The second kappa shape index (κ2) is 10.8. The third-order valence-electron chi connectivity index (χ3n) is 4.14. The summed E-state index contributed by atoms with van der Waals surface area (Å²) in [5.74, 6) is -1.75. The summed E-state index contributed by atoms with van der Waals surface area (Å²) in [4.78, 5) is 26.8. The van der Waals surface area contributed by atoms with Crippen LogP contribution in [0, 0.1) is 0 Å². The zero-order chi connectivity index (χ0) is 22.1. The van der Waals surface area contributed by atoms with E-state index < -0.39 is 11.9 Å². The molecule has 0 unspecified atom stereocenters. The van der Waals surface area contributed by atoms with E-state index in [0.29, 0.717) is 5.56 Å². The van der Waals surface area contributed by atoms with E-state index in [9.17, 15) is 14.7 Å². The highest BCUT2D eigenvalue weighted by Crippen LogP contribution is 2.20. The maximum atomic E-state index is 12.4. The van der Waals surface area contributed by atoms with E-state index in [1.165, 1.54) is 6.08 Å². The van der Waals surface area contributed by atoms with E-state index in [0.717, 1.165) is 5.69 Å². The first-order valence-corrected chi connectivity index (χ1v) is 9.62. The van der Waals surface area contributed by atoms with Crippen LogP contribution in [0.15, 0.2) is 66.5 Å². The summed E-state index contributed by atoms with van der Waals surface area (Å²) in [7, 11) is 3.78. The van der Waals surface area contributed by atoms with Crippen molar-refractivity contribution in [1.29, 1.82) is 0 Å². The SMILES string of the molecule is CCOC(=O)C(=C/C(=C(/O)c1ccccc1)[n+]1cccc(N(C)C)c1)C(=O)OCC. The van der Waals surface area contributed by atoms with Gasteiger partial charge in [0, 0.05) is 31.8 Å². The molecule has 0 aliphatic carbocycles. The predicted octanol–water partition coefficient (Wildman–Crippen LogP) is 2.98. The molecule has 1 aromatic carbocycles. The first-order valence-electron chi connectivity index (χ1n) is 9.62. The van der Waals surface area contributed by atoms with Crippen molar-refractivity contribution in [2.24, 2.45) is 0 Å². The van der Waals surface area contributed by atoms with Crippen molar-refractivity contribution in [3.05, 3.63) is 72.1 Å². The van der Waals surface area contributed by atoms with Gasteiger partial charge in [0.25, 0.3) is 5.70 Å². The van der Waals surface area contributed by atoms with Crippen LogP contribution in [0.5, 0.6) is 0 Å². The van der Waals surface area contributed by atoms with Crippen LogP contribution in [0.2, 0.25) is 0 Å². The Morgan fingerprint density at radius 1 is 1.00 bits per heavy atom. The van der Waals surface area contributed by atoms with Crippen LogP contribution >= 0.6 is 0 Å². The summed E-state index contributed by atoms with van der Waals surface area (Å²) in [5, 5.41) is 11.0. The zero-order valence-corrected chi connectivity index (χ0v) is 17.7. The quantitative estimate of drug-likeness (QED) is 0.137. The van der Waals surface area contributed by atoms with E-state index >= 15 is 0 Å². The van der Waals surface area contributed by atoms with Gasteiger partial charge in [0.1, 0.15) is 5.69 Å². The summed E-state index contributed by atoms with van der Waals surface area (Å²) in [6, 6.07) is 12.6. The van der Waals surface area contributed by atoms with Crippen LogP contribution in [0.3, 0.4) is 0 Å². The van der Waals surface area contributed by atoms with E-state index in [1.54, 1.807) is 61.1 Å². The van der Waals surface area contributed by atoms with Gasteiger partial charge in [-0.3, -0.25) is 0 Å². The van der Waals surface area contributed by atoms with Gasteiger partial charge in [0.2, 0.25) is 0 Å². The summed E-state index contributed by atoms with van der Waals surface area (Å²) in [6.45, 7) is 3.49. The molecule has 0 aliphatic heterocycles. The van der Waals surface area contributed by atoms with E-state index in [4.69, 9.17) is 9.47 Å². The highest BCUT2D eigenvalue weighted by atomic mass is 16.6. The smallest absolute Gasteiger partial charge is 0.345 e. The van der Waals surface area contributed by atoms with Gasteiger partial charge >= 0.3 is 11.9 Å². The Morgan fingerprint density at radius 3 is 2.13 bits per heavy atom. The number of aliphatic hydroxyl groups is 1. The Labute approximate surface area is 176 Å². The topological polar surface area (TPSA) is 80.0 Å². The predicted molar refractivity (Wildman–Crippen MR) is 114 cm³/mol. The Balaban J connectivity index is 2.74. The molecule has 0 spiro atoms. The maximum absolute atomic E-state index is 12.4. The van der Waals surface area contributed by atoms with Crippen molar-refractivity contribution in [2.45, 2.75) is 13.8 Å². The summed E-state index contributed by atoms with van der Waals surface area (Å²) in [6.07, 6.45) is 4.78. The average Bonchev–Trinajstić information content (AvgIpc) is 2.75. The molecule has 2 aromatic rings. The normalized spacial score (nSPS) is 11.2. The molecule has 1 heterocycles. The number of benzene rings is 1. The number of nitrogens with zero attached hydrogens (tertiary/aromatic N) is 2. The minimum absolute atomic E-state index is 0.0998. The number of pyridine rings is 1.